The predicted octanol–water partition coefficient (Wildman–Crippen LogP) is 1.63. The Morgan fingerprint density at radius 1 is 1.43 bits per heavy atom. The van der Waals surface area contributed by atoms with E-state index in [-0.39, 0.29) is 36.3 Å². The van der Waals surface area contributed by atoms with Gasteiger partial charge in [-0.15, -0.1) is 12.4 Å². The first-order valence-electron chi connectivity index (χ1n) is 6.75. The van der Waals surface area contributed by atoms with Crippen LogP contribution in [0.25, 0.3) is 0 Å². The van der Waals surface area contributed by atoms with Gasteiger partial charge in [0.15, 0.2) is 0 Å². The van der Waals surface area contributed by atoms with E-state index in [0.717, 1.165) is 6.54 Å². The van der Waals surface area contributed by atoms with Gasteiger partial charge < -0.3 is 15.4 Å². The molecule has 118 valence electrons. The molecule has 21 heavy (non-hydrogen) atoms. The Kier molecular flexibility index (Phi) is 6.13. The number of methoxy groups -OCH3 is 1. The van der Waals surface area contributed by atoms with Crippen LogP contribution >= 0.6 is 12.4 Å². The standard InChI is InChI=1S/C15H21FN2O2.ClH/c1-15(2,10-5-4-6-11(16)7-10)14(19)18-12-8-17-9-13(12)20-3;/h4-7,12-13,17H,8-9H2,1-3H3,(H,18,19);1H. The third-order valence-electron chi connectivity index (χ3n) is 3.89. The fourth-order valence-electron chi connectivity index (χ4n) is 2.40. The van der Waals surface area contributed by atoms with Gasteiger partial charge >= 0.3 is 0 Å². The molecule has 0 aliphatic carbocycles. The van der Waals surface area contributed by atoms with Crippen molar-refractivity contribution in [3.05, 3.63) is 35.6 Å². The Morgan fingerprint density at radius 3 is 2.76 bits per heavy atom. The van der Waals surface area contributed by atoms with E-state index in [0.29, 0.717) is 12.1 Å². The van der Waals surface area contributed by atoms with Crippen molar-refractivity contribution < 1.29 is 13.9 Å². The number of carbonyl (C=O) groups excluding carboxylic acids is 1. The summed E-state index contributed by atoms with van der Waals surface area (Å²) in [6, 6.07) is 6.11. The highest BCUT2D eigenvalue weighted by Gasteiger charge is 2.35. The lowest BCUT2D eigenvalue weighted by Gasteiger charge is -2.28. The summed E-state index contributed by atoms with van der Waals surface area (Å²) in [5, 5.41) is 6.17. The second-order valence-corrected chi connectivity index (χ2v) is 5.65. The zero-order valence-corrected chi connectivity index (χ0v) is 13.3. The van der Waals surface area contributed by atoms with Gasteiger partial charge in [0.2, 0.25) is 5.91 Å². The van der Waals surface area contributed by atoms with Gasteiger partial charge in [-0.1, -0.05) is 12.1 Å². The summed E-state index contributed by atoms with van der Waals surface area (Å²) in [6.07, 6.45) is -0.0257. The molecule has 0 saturated carbocycles. The fourth-order valence-corrected chi connectivity index (χ4v) is 2.40. The largest absolute Gasteiger partial charge is 0.378 e. The minimum Gasteiger partial charge on any atom is -0.378 e. The summed E-state index contributed by atoms with van der Waals surface area (Å²) < 4.78 is 18.6. The lowest BCUT2D eigenvalue weighted by atomic mass is 9.83. The smallest absolute Gasteiger partial charge is 0.230 e. The summed E-state index contributed by atoms with van der Waals surface area (Å²) in [7, 11) is 1.63. The molecule has 0 aromatic heterocycles. The minimum atomic E-state index is -0.789. The second kappa shape index (κ2) is 7.20. The molecular formula is C15H22ClFN2O2. The van der Waals surface area contributed by atoms with Gasteiger partial charge in [-0.3, -0.25) is 4.79 Å². The molecule has 4 nitrogen and oxygen atoms in total. The molecule has 0 bridgehead atoms. The molecule has 0 spiro atoms. The molecule has 0 radical (unpaired) electrons. The van der Waals surface area contributed by atoms with Gasteiger partial charge in [0, 0.05) is 20.2 Å². The van der Waals surface area contributed by atoms with Crippen LogP contribution in [-0.2, 0) is 14.9 Å². The highest BCUT2D eigenvalue weighted by molar-refractivity contribution is 5.87. The van der Waals surface area contributed by atoms with Gasteiger partial charge in [0.25, 0.3) is 0 Å². The summed E-state index contributed by atoms with van der Waals surface area (Å²) in [5.74, 6) is -0.459. The van der Waals surface area contributed by atoms with E-state index in [1.165, 1.54) is 12.1 Å². The van der Waals surface area contributed by atoms with Crippen LogP contribution in [0.15, 0.2) is 24.3 Å². The molecule has 1 aliphatic heterocycles. The molecule has 1 saturated heterocycles. The summed E-state index contributed by atoms with van der Waals surface area (Å²) >= 11 is 0. The molecule has 1 aromatic carbocycles. The molecule has 2 unspecified atom stereocenters. The van der Waals surface area contributed by atoms with Crippen LogP contribution in [0.3, 0.4) is 0 Å². The third kappa shape index (κ3) is 3.93. The topological polar surface area (TPSA) is 50.4 Å². The Labute approximate surface area is 130 Å². The van der Waals surface area contributed by atoms with Crippen LogP contribution < -0.4 is 10.6 Å². The number of benzene rings is 1. The highest BCUT2D eigenvalue weighted by Crippen LogP contribution is 2.24. The van der Waals surface area contributed by atoms with Gasteiger partial charge in [0.05, 0.1) is 17.6 Å². The maximum Gasteiger partial charge on any atom is 0.230 e. The van der Waals surface area contributed by atoms with Crippen molar-refractivity contribution in [2.45, 2.75) is 31.4 Å². The van der Waals surface area contributed by atoms with E-state index in [1.54, 1.807) is 33.1 Å². The van der Waals surface area contributed by atoms with Gasteiger partial charge in [-0.25, -0.2) is 4.39 Å². The third-order valence-corrected chi connectivity index (χ3v) is 3.89. The number of hydrogen-bond acceptors (Lipinski definition) is 3. The number of ether oxygens (including phenoxy) is 1. The van der Waals surface area contributed by atoms with E-state index in [9.17, 15) is 9.18 Å². The summed E-state index contributed by atoms with van der Waals surface area (Å²) in [5.41, 5.74) is -0.127. The van der Waals surface area contributed by atoms with Crippen LogP contribution in [0, 0.1) is 5.82 Å². The monoisotopic (exact) mass is 316 g/mol. The van der Waals surface area contributed by atoms with Gasteiger partial charge in [-0.2, -0.15) is 0 Å². The first-order valence-corrected chi connectivity index (χ1v) is 6.75. The van der Waals surface area contributed by atoms with Crippen molar-refractivity contribution in [2.24, 2.45) is 0 Å². The molecule has 2 atom stereocenters. The minimum absolute atomic E-state index is 0. The van der Waals surface area contributed by atoms with Crippen LogP contribution in [0.4, 0.5) is 4.39 Å². The first-order chi connectivity index (χ1) is 9.45. The van der Waals surface area contributed by atoms with E-state index in [2.05, 4.69) is 10.6 Å². The first kappa shape index (κ1) is 17.9. The normalized spacial score (nSPS) is 21.7. The van der Waals surface area contributed by atoms with Crippen LogP contribution in [0.5, 0.6) is 0 Å². The van der Waals surface area contributed by atoms with Gasteiger partial charge in [-0.05, 0) is 31.5 Å². The van der Waals surface area contributed by atoms with Crippen molar-refractivity contribution in [3.8, 4) is 0 Å². The second-order valence-electron chi connectivity index (χ2n) is 5.65. The van der Waals surface area contributed by atoms with E-state index in [4.69, 9.17) is 4.74 Å². The lowest BCUT2D eigenvalue weighted by molar-refractivity contribution is -0.127. The fraction of sp³-hybridized carbons (Fsp3) is 0.533. The Morgan fingerprint density at radius 2 is 2.14 bits per heavy atom. The van der Waals surface area contributed by atoms with Crippen molar-refractivity contribution in [3.63, 3.8) is 0 Å². The van der Waals surface area contributed by atoms with Crippen LogP contribution in [-0.4, -0.2) is 38.3 Å². The maximum absolute atomic E-state index is 13.3. The van der Waals surface area contributed by atoms with E-state index >= 15 is 0 Å². The predicted molar refractivity (Wildman–Crippen MR) is 82.3 cm³/mol. The number of carbonyl (C=O) groups is 1. The average Bonchev–Trinajstić information content (AvgIpc) is 2.86. The molecule has 1 amide bonds. The van der Waals surface area contributed by atoms with E-state index in [1.807, 2.05) is 0 Å². The number of nitrogens with one attached hydrogen (secondary N) is 2. The Bertz CT molecular complexity index is 496. The summed E-state index contributed by atoms with van der Waals surface area (Å²) in [4.78, 5) is 12.5. The lowest BCUT2D eigenvalue weighted by Crippen LogP contribution is -2.50. The Hall–Kier alpha value is -1.17. The zero-order valence-electron chi connectivity index (χ0n) is 12.5. The number of amides is 1. The molecule has 2 rings (SSSR count). The van der Waals surface area contributed by atoms with Crippen molar-refractivity contribution in [1.29, 1.82) is 0 Å². The van der Waals surface area contributed by atoms with Crippen LogP contribution in [0.2, 0.25) is 0 Å². The molecule has 2 N–H and O–H groups in total. The number of hydrogen-bond donors (Lipinski definition) is 2. The SMILES string of the molecule is COC1CNCC1NC(=O)C(C)(C)c1cccc(F)c1.Cl. The molecule has 1 aliphatic rings. The van der Waals surface area contributed by atoms with Gasteiger partial charge in [0.1, 0.15) is 5.82 Å². The zero-order chi connectivity index (χ0) is 14.8. The average molecular weight is 317 g/mol. The quantitative estimate of drug-likeness (QED) is 0.887. The summed E-state index contributed by atoms with van der Waals surface area (Å²) in [6.45, 7) is 4.99. The molecule has 1 heterocycles. The van der Waals surface area contributed by atoms with Crippen molar-refractivity contribution in [1.82, 2.24) is 10.6 Å². The molecule has 1 fully saturated rings. The van der Waals surface area contributed by atoms with Crippen molar-refractivity contribution in [2.75, 3.05) is 20.2 Å². The number of halogens is 2. The molecule has 6 heteroatoms. The molecule has 1 aromatic rings. The van der Waals surface area contributed by atoms with Crippen LogP contribution in [0.1, 0.15) is 19.4 Å². The van der Waals surface area contributed by atoms with Crippen molar-refractivity contribution >= 4 is 18.3 Å². The maximum atomic E-state index is 13.3. The molecular weight excluding hydrogens is 295 g/mol. The number of rotatable bonds is 4. The highest BCUT2D eigenvalue weighted by atomic mass is 35.5. The van der Waals surface area contributed by atoms with E-state index < -0.39 is 5.41 Å². The Balaban J connectivity index is 0.00000220.